The van der Waals surface area contributed by atoms with Crippen molar-refractivity contribution >= 4 is 0 Å². The fourth-order valence-electron chi connectivity index (χ4n) is 4.90. The zero-order chi connectivity index (χ0) is 37.8. The van der Waals surface area contributed by atoms with Crippen molar-refractivity contribution in [1.29, 1.82) is 0 Å². The van der Waals surface area contributed by atoms with Gasteiger partial charge in [0.05, 0.1) is 129 Å². The first-order valence-corrected chi connectivity index (χ1v) is 17.0. The number of hydrogen-bond acceptors (Lipinski definition) is 14. The van der Waals surface area contributed by atoms with Crippen LogP contribution in [0.4, 0.5) is 0 Å². The van der Waals surface area contributed by atoms with Gasteiger partial charge in [0.1, 0.15) is 6.61 Å². The number of benzene rings is 2. The van der Waals surface area contributed by atoms with Crippen molar-refractivity contribution in [1.82, 2.24) is 0 Å². The molecular weight excluding hydrogens is 680 g/mol. The summed E-state index contributed by atoms with van der Waals surface area (Å²) in [5, 5.41) is 17.7. The normalized spacial score (nSPS) is 11.4. The van der Waals surface area contributed by atoms with Crippen molar-refractivity contribution < 1.29 is 67.1 Å². The Morgan fingerprint density at radius 3 is 1.27 bits per heavy atom. The van der Waals surface area contributed by atoms with Gasteiger partial charge in [-0.05, 0) is 47.4 Å². The van der Waals surface area contributed by atoms with E-state index in [9.17, 15) is 0 Å². The Morgan fingerprint density at radius 2 is 0.865 bits per heavy atom. The van der Waals surface area contributed by atoms with Crippen LogP contribution in [-0.4, -0.2) is 145 Å². The molecule has 0 saturated heterocycles. The predicted octanol–water partition coefficient (Wildman–Crippen LogP) is 2.91. The predicted molar refractivity (Wildman–Crippen MR) is 193 cm³/mol. The third kappa shape index (κ3) is 16.3. The first-order valence-electron chi connectivity index (χ1n) is 17.0. The van der Waals surface area contributed by atoms with Crippen molar-refractivity contribution in [2.24, 2.45) is 0 Å². The summed E-state index contributed by atoms with van der Waals surface area (Å²) in [4.78, 5) is 0. The molecule has 2 aromatic carbocycles. The summed E-state index contributed by atoms with van der Waals surface area (Å²) in [7, 11) is 9.43. The number of aliphatic hydroxyl groups is 2. The van der Waals surface area contributed by atoms with E-state index in [0.29, 0.717) is 100 Å². The van der Waals surface area contributed by atoms with E-state index in [4.69, 9.17) is 67.1 Å². The highest BCUT2D eigenvalue weighted by atomic mass is 16.6. The molecular formula is C38H56O14. The molecule has 0 fully saturated rings. The molecule has 2 rings (SSSR count). The van der Waals surface area contributed by atoms with Crippen LogP contribution >= 0.6 is 0 Å². The van der Waals surface area contributed by atoms with Gasteiger partial charge in [0, 0.05) is 12.0 Å². The Balaban J connectivity index is 2.43. The molecule has 0 aliphatic heterocycles. The van der Waals surface area contributed by atoms with Crippen molar-refractivity contribution in [3.05, 3.63) is 46.5 Å². The Labute approximate surface area is 307 Å². The molecule has 2 N–H and O–H groups in total. The smallest absolute Gasteiger partial charge is 0.203 e. The highest BCUT2D eigenvalue weighted by Gasteiger charge is 2.18. The molecule has 0 aliphatic rings. The van der Waals surface area contributed by atoms with Crippen LogP contribution in [0, 0.1) is 11.8 Å². The summed E-state index contributed by atoms with van der Waals surface area (Å²) in [6.07, 6.45) is 0.872. The van der Waals surface area contributed by atoms with Crippen LogP contribution in [-0.2, 0) is 41.3 Å². The maximum atomic E-state index is 8.88. The minimum Gasteiger partial charge on any atom is -0.493 e. The highest BCUT2D eigenvalue weighted by Crippen LogP contribution is 2.40. The second kappa shape index (κ2) is 27.8. The summed E-state index contributed by atoms with van der Waals surface area (Å²) >= 11 is 0. The highest BCUT2D eigenvalue weighted by molar-refractivity contribution is 5.56. The van der Waals surface area contributed by atoms with Crippen molar-refractivity contribution in [3.8, 4) is 46.3 Å². The summed E-state index contributed by atoms with van der Waals surface area (Å²) in [6, 6.07) is 7.59. The van der Waals surface area contributed by atoms with Gasteiger partial charge in [-0.15, -0.1) is 0 Å². The molecule has 0 aliphatic carbocycles. The molecule has 14 nitrogen and oxygen atoms in total. The van der Waals surface area contributed by atoms with Crippen LogP contribution in [0.1, 0.15) is 11.1 Å². The average molecular weight is 737 g/mol. The number of methoxy groups -OCH3 is 6. The average Bonchev–Trinajstić information content (AvgIpc) is 3.17. The standard InChI is InChI=1S/C38H56O14/c1-41-33-24-29(25-34(42-2)37(33)45-5)22-31(8-7-11-47-14-17-50-18-15-48-12-9-39)32(28-52-21-20-51-19-16-49-13-10-40)23-30-26-35(43-3)38(46-6)36(27-30)44-4/h24-27,39-40H,9-23,28H2,1-6H3/b32-31-. The minimum absolute atomic E-state index is 0.0227. The molecule has 0 amide bonds. The van der Waals surface area contributed by atoms with Crippen LogP contribution in [0.25, 0.3) is 0 Å². The van der Waals surface area contributed by atoms with Gasteiger partial charge in [0.25, 0.3) is 0 Å². The molecule has 292 valence electrons. The molecule has 0 atom stereocenters. The maximum Gasteiger partial charge on any atom is 0.203 e. The quantitative estimate of drug-likeness (QED) is 0.0931. The fourth-order valence-corrected chi connectivity index (χ4v) is 4.90. The third-order valence-corrected chi connectivity index (χ3v) is 7.32. The van der Waals surface area contributed by atoms with E-state index in [0.717, 1.165) is 22.3 Å². The molecule has 0 unspecified atom stereocenters. The van der Waals surface area contributed by atoms with E-state index in [1.807, 2.05) is 24.3 Å². The van der Waals surface area contributed by atoms with E-state index in [1.54, 1.807) is 42.7 Å². The Bertz CT molecular complexity index is 1320. The zero-order valence-electron chi connectivity index (χ0n) is 31.4. The van der Waals surface area contributed by atoms with Gasteiger partial charge in [-0.25, -0.2) is 0 Å². The van der Waals surface area contributed by atoms with Crippen LogP contribution in [0.3, 0.4) is 0 Å². The van der Waals surface area contributed by atoms with Gasteiger partial charge in [0.2, 0.25) is 11.5 Å². The second-order valence-corrected chi connectivity index (χ2v) is 10.8. The SMILES string of the molecule is COc1cc(C/C(C#CCOCCOCCOCCO)=C(\COCCOCCOCCO)Cc2cc(OC)c(OC)c(OC)c2)cc(OC)c1OC. The molecule has 0 heterocycles. The Kier molecular flexibility index (Phi) is 23.7. The van der Waals surface area contributed by atoms with E-state index < -0.39 is 0 Å². The first-order chi connectivity index (χ1) is 25.5. The maximum absolute atomic E-state index is 8.88. The van der Waals surface area contributed by atoms with Crippen molar-refractivity contribution in [2.75, 3.05) is 135 Å². The van der Waals surface area contributed by atoms with Crippen LogP contribution in [0.2, 0.25) is 0 Å². The minimum atomic E-state index is -0.0331. The largest absolute Gasteiger partial charge is 0.493 e. The van der Waals surface area contributed by atoms with E-state index in [2.05, 4.69) is 11.8 Å². The monoisotopic (exact) mass is 736 g/mol. The molecule has 0 saturated carbocycles. The van der Waals surface area contributed by atoms with Crippen LogP contribution in [0.5, 0.6) is 34.5 Å². The molecule has 2 aromatic rings. The molecule has 0 spiro atoms. The van der Waals surface area contributed by atoms with E-state index in [-0.39, 0.29) is 39.6 Å². The Hall–Kier alpha value is -3.78. The molecule has 14 heteroatoms. The molecule has 52 heavy (non-hydrogen) atoms. The summed E-state index contributed by atoms with van der Waals surface area (Å²) in [5.41, 5.74) is 3.49. The number of ether oxygens (including phenoxy) is 12. The van der Waals surface area contributed by atoms with Gasteiger partial charge < -0.3 is 67.1 Å². The first kappa shape index (κ1) is 44.4. The van der Waals surface area contributed by atoms with Gasteiger partial charge in [-0.3, -0.25) is 0 Å². The third-order valence-electron chi connectivity index (χ3n) is 7.32. The molecule has 0 bridgehead atoms. The molecule has 0 aromatic heterocycles. The van der Waals surface area contributed by atoms with E-state index in [1.165, 1.54) is 0 Å². The van der Waals surface area contributed by atoms with Gasteiger partial charge in [0.15, 0.2) is 23.0 Å². The number of rotatable bonds is 29. The summed E-state index contributed by atoms with van der Waals surface area (Å²) in [5.74, 6) is 9.60. The van der Waals surface area contributed by atoms with Gasteiger partial charge in [-0.2, -0.15) is 0 Å². The van der Waals surface area contributed by atoms with Gasteiger partial charge >= 0.3 is 0 Å². The lowest BCUT2D eigenvalue weighted by atomic mass is 9.95. The zero-order valence-corrected chi connectivity index (χ0v) is 31.4. The number of allylic oxidation sites excluding steroid dienone is 1. The second-order valence-electron chi connectivity index (χ2n) is 10.8. The lowest BCUT2D eigenvalue weighted by Crippen LogP contribution is -2.13. The van der Waals surface area contributed by atoms with Crippen LogP contribution < -0.4 is 28.4 Å². The van der Waals surface area contributed by atoms with E-state index >= 15 is 0 Å². The molecule has 0 radical (unpaired) electrons. The fraction of sp³-hybridized carbons (Fsp3) is 0.579. The summed E-state index contributed by atoms with van der Waals surface area (Å²) < 4.78 is 67.1. The Morgan fingerprint density at radius 1 is 0.481 bits per heavy atom. The van der Waals surface area contributed by atoms with Crippen molar-refractivity contribution in [2.45, 2.75) is 12.8 Å². The number of aliphatic hydroxyl groups excluding tert-OH is 2. The lowest BCUT2D eigenvalue weighted by Gasteiger charge is -2.18. The van der Waals surface area contributed by atoms with Crippen LogP contribution in [0.15, 0.2) is 35.4 Å². The summed E-state index contributed by atoms with van der Waals surface area (Å²) in [6.45, 7) is 3.92. The van der Waals surface area contributed by atoms with Crippen molar-refractivity contribution in [3.63, 3.8) is 0 Å². The number of hydrogen-bond donors (Lipinski definition) is 2. The lowest BCUT2D eigenvalue weighted by molar-refractivity contribution is 0.0107. The topological polar surface area (TPSA) is 151 Å². The van der Waals surface area contributed by atoms with Gasteiger partial charge in [-0.1, -0.05) is 11.8 Å².